The molecule has 0 atom stereocenters. The van der Waals surface area contributed by atoms with Gasteiger partial charge >= 0.3 is 12.1 Å². The molecule has 0 spiro atoms. The van der Waals surface area contributed by atoms with Crippen LogP contribution in [0.1, 0.15) is 52.0 Å². The number of carboxylic acid groups (broad SMARTS) is 1. The topological polar surface area (TPSA) is 75.6 Å². The minimum absolute atomic E-state index is 0.121. The average molecular weight is 323 g/mol. The average Bonchev–Trinajstić information content (AvgIpc) is 2.89. The van der Waals surface area contributed by atoms with E-state index in [1.165, 1.54) is 18.2 Å². The van der Waals surface area contributed by atoms with Crippen LogP contribution < -0.4 is 5.32 Å². The zero-order valence-corrected chi connectivity index (χ0v) is 13.6. The fourth-order valence-electron chi connectivity index (χ4n) is 2.97. The number of carbonyl (C=O) groups is 2. The van der Waals surface area contributed by atoms with Crippen molar-refractivity contribution in [1.82, 2.24) is 0 Å². The standard InChI is InChI=1S/C17H22FNO4/c1-16(2,3)23-15(22)19-11-6-7-13(18)12(10-11)17(14(20)21)8-4-5-9-17/h6-7,10H,4-5,8-9H2,1-3H3,(H,19,22)(H,20,21). The van der Waals surface area contributed by atoms with Gasteiger partial charge in [0.1, 0.15) is 11.4 Å². The van der Waals surface area contributed by atoms with Crippen LogP contribution in [0.15, 0.2) is 18.2 Å². The van der Waals surface area contributed by atoms with Gasteiger partial charge in [-0.25, -0.2) is 9.18 Å². The molecule has 1 amide bonds. The SMILES string of the molecule is CC(C)(C)OC(=O)Nc1ccc(F)c(C2(C(=O)O)CCCC2)c1. The fourth-order valence-corrected chi connectivity index (χ4v) is 2.97. The van der Waals surface area contributed by atoms with E-state index in [9.17, 15) is 19.1 Å². The molecule has 1 aliphatic carbocycles. The maximum atomic E-state index is 14.2. The summed E-state index contributed by atoms with van der Waals surface area (Å²) in [5.74, 6) is -1.59. The van der Waals surface area contributed by atoms with Crippen molar-refractivity contribution in [2.24, 2.45) is 0 Å². The van der Waals surface area contributed by atoms with E-state index in [1.807, 2.05) is 0 Å². The predicted octanol–water partition coefficient (Wildman–Crippen LogP) is 4.07. The quantitative estimate of drug-likeness (QED) is 0.879. The number of ether oxygens (including phenoxy) is 1. The van der Waals surface area contributed by atoms with Crippen LogP contribution >= 0.6 is 0 Å². The first-order chi connectivity index (χ1) is 10.6. The Hall–Kier alpha value is -2.11. The van der Waals surface area contributed by atoms with E-state index in [0.717, 1.165) is 12.8 Å². The zero-order chi connectivity index (χ0) is 17.3. The smallest absolute Gasteiger partial charge is 0.412 e. The molecule has 2 N–H and O–H groups in total. The van der Waals surface area contributed by atoms with Gasteiger partial charge in [0.05, 0.1) is 5.41 Å². The Morgan fingerprint density at radius 3 is 2.39 bits per heavy atom. The summed E-state index contributed by atoms with van der Waals surface area (Å²) in [4.78, 5) is 23.5. The molecule has 0 saturated heterocycles. The lowest BCUT2D eigenvalue weighted by molar-refractivity contribution is -0.143. The molecule has 0 bridgehead atoms. The summed E-state index contributed by atoms with van der Waals surface area (Å²) in [5, 5.41) is 12.1. The molecule has 126 valence electrons. The second-order valence-corrected chi connectivity index (χ2v) is 6.92. The van der Waals surface area contributed by atoms with E-state index >= 15 is 0 Å². The minimum Gasteiger partial charge on any atom is -0.481 e. The van der Waals surface area contributed by atoms with E-state index in [1.54, 1.807) is 20.8 Å². The lowest BCUT2D eigenvalue weighted by Gasteiger charge is -2.25. The van der Waals surface area contributed by atoms with Crippen LogP contribution in [0.3, 0.4) is 0 Å². The van der Waals surface area contributed by atoms with Crippen molar-refractivity contribution in [2.75, 3.05) is 5.32 Å². The number of nitrogens with one attached hydrogen (secondary N) is 1. The summed E-state index contributed by atoms with van der Waals surface area (Å²) in [7, 11) is 0. The number of carbonyl (C=O) groups excluding carboxylic acids is 1. The molecule has 0 aliphatic heterocycles. The predicted molar refractivity (Wildman–Crippen MR) is 84.0 cm³/mol. The molecule has 0 aromatic heterocycles. The van der Waals surface area contributed by atoms with Crippen LogP contribution in [-0.4, -0.2) is 22.8 Å². The third-order valence-electron chi connectivity index (χ3n) is 3.99. The Morgan fingerprint density at radius 2 is 1.87 bits per heavy atom. The van der Waals surface area contributed by atoms with Crippen molar-refractivity contribution in [1.29, 1.82) is 0 Å². The molecule has 5 nitrogen and oxygen atoms in total. The normalized spacial score (nSPS) is 16.9. The third-order valence-corrected chi connectivity index (χ3v) is 3.99. The van der Waals surface area contributed by atoms with Gasteiger partial charge in [-0.15, -0.1) is 0 Å². The van der Waals surface area contributed by atoms with Gasteiger partial charge in [0.15, 0.2) is 0 Å². The molecule has 1 aromatic carbocycles. The van der Waals surface area contributed by atoms with Crippen molar-refractivity contribution in [3.8, 4) is 0 Å². The van der Waals surface area contributed by atoms with E-state index in [-0.39, 0.29) is 5.56 Å². The molecule has 1 aromatic rings. The largest absolute Gasteiger partial charge is 0.481 e. The van der Waals surface area contributed by atoms with E-state index in [2.05, 4.69) is 5.32 Å². The molecule has 6 heteroatoms. The van der Waals surface area contributed by atoms with Gasteiger partial charge in [-0.3, -0.25) is 10.1 Å². The van der Waals surface area contributed by atoms with E-state index in [4.69, 9.17) is 4.74 Å². The summed E-state index contributed by atoms with van der Waals surface area (Å²) in [5.41, 5.74) is -1.42. The van der Waals surface area contributed by atoms with Crippen LogP contribution in [0.4, 0.5) is 14.9 Å². The highest BCUT2D eigenvalue weighted by Crippen LogP contribution is 2.43. The maximum Gasteiger partial charge on any atom is 0.412 e. The van der Waals surface area contributed by atoms with Crippen molar-refractivity contribution in [3.05, 3.63) is 29.6 Å². The number of hydrogen-bond donors (Lipinski definition) is 2. The molecular weight excluding hydrogens is 301 g/mol. The maximum absolute atomic E-state index is 14.2. The summed E-state index contributed by atoms with van der Waals surface area (Å²) in [6.07, 6.45) is 1.63. The molecular formula is C17H22FNO4. The second-order valence-electron chi connectivity index (χ2n) is 6.92. The number of carboxylic acids is 1. The summed E-state index contributed by atoms with van der Waals surface area (Å²) in [6, 6.07) is 3.98. The van der Waals surface area contributed by atoms with Gasteiger partial charge in [0.25, 0.3) is 0 Å². The Labute approximate surface area is 134 Å². The number of hydrogen-bond acceptors (Lipinski definition) is 3. The van der Waals surface area contributed by atoms with Gasteiger partial charge in [0.2, 0.25) is 0 Å². The van der Waals surface area contributed by atoms with Crippen LogP contribution in [-0.2, 0) is 14.9 Å². The molecule has 0 radical (unpaired) electrons. The zero-order valence-electron chi connectivity index (χ0n) is 13.6. The highest BCUT2D eigenvalue weighted by molar-refractivity contribution is 5.86. The van der Waals surface area contributed by atoms with E-state index < -0.39 is 28.9 Å². The first-order valence-electron chi connectivity index (χ1n) is 7.67. The lowest BCUT2D eigenvalue weighted by atomic mass is 9.78. The van der Waals surface area contributed by atoms with Crippen molar-refractivity contribution >= 4 is 17.7 Å². The number of halogens is 1. The summed E-state index contributed by atoms with van der Waals surface area (Å²) < 4.78 is 19.4. The van der Waals surface area contributed by atoms with Crippen molar-refractivity contribution < 1.29 is 23.8 Å². The number of aliphatic carboxylic acids is 1. The number of amides is 1. The molecule has 2 rings (SSSR count). The van der Waals surface area contributed by atoms with Crippen LogP contribution in [0.25, 0.3) is 0 Å². The highest BCUT2D eigenvalue weighted by atomic mass is 19.1. The van der Waals surface area contributed by atoms with Crippen LogP contribution in [0.5, 0.6) is 0 Å². The molecule has 0 heterocycles. The summed E-state index contributed by atoms with van der Waals surface area (Å²) >= 11 is 0. The molecule has 0 unspecified atom stereocenters. The van der Waals surface area contributed by atoms with Gasteiger partial charge in [-0.05, 0) is 51.8 Å². The summed E-state index contributed by atoms with van der Waals surface area (Å²) in [6.45, 7) is 5.21. The number of anilines is 1. The van der Waals surface area contributed by atoms with Gasteiger partial charge in [-0.1, -0.05) is 12.8 Å². The molecule has 23 heavy (non-hydrogen) atoms. The fraction of sp³-hybridized carbons (Fsp3) is 0.529. The van der Waals surface area contributed by atoms with Crippen molar-refractivity contribution in [2.45, 2.75) is 57.5 Å². The third kappa shape index (κ3) is 3.81. The Bertz CT molecular complexity index is 616. The van der Waals surface area contributed by atoms with Crippen molar-refractivity contribution in [3.63, 3.8) is 0 Å². The second kappa shape index (κ2) is 6.18. The molecule has 1 saturated carbocycles. The van der Waals surface area contributed by atoms with Crippen LogP contribution in [0, 0.1) is 5.82 Å². The molecule has 1 aliphatic rings. The van der Waals surface area contributed by atoms with Gasteiger partial charge in [0, 0.05) is 11.3 Å². The Kier molecular flexibility index (Phi) is 4.63. The monoisotopic (exact) mass is 323 g/mol. The van der Waals surface area contributed by atoms with Gasteiger partial charge < -0.3 is 9.84 Å². The Balaban J connectivity index is 2.29. The highest BCUT2D eigenvalue weighted by Gasteiger charge is 2.44. The number of rotatable bonds is 3. The van der Waals surface area contributed by atoms with E-state index in [0.29, 0.717) is 18.5 Å². The first-order valence-corrected chi connectivity index (χ1v) is 7.67. The Morgan fingerprint density at radius 1 is 1.26 bits per heavy atom. The first kappa shape index (κ1) is 17.2. The molecule has 1 fully saturated rings. The van der Waals surface area contributed by atoms with Gasteiger partial charge in [-0.2, -0.15) is 0 Å². The lowest BCUT2D eigenvalue weighted by Crippen LogP contribution is -2.34. The van der Waals surface area contributed by atoms with Crippen LogP contribution in [0.2, 0.25) is 0 Å². The number of benzene rings is 1. The minimum atomic E-state index is -1.21.